The number of halogens is 3. The first kappa shape index (κ1) is 20.4. The number of hydrogen-bond donors (Lipinski definition) is 3. The van der Waals surface area contributed by atoms with E-state index in [4.69, 9.17) is 0 Å². The zero-order valence-corrected chi connectivity index (χ0v) is 16.6. The molecule has 0 saturated carbocycles. The van der Waals surface area contributed by atoms with Crippen molar-refractivity contribution >= 4 is 28.4 Å². The lowest BCUT2D eigenvalue weighted by atomic mass is 10.2. The van der Waals surface area contributed by atoms with Crippen molar-refractivity contribution in [3.8, 4) is 11.3 Å². The smallest absolute Gasteiger partial charge is 0.361 e. The highest BCUT2D eigenvalue weighted by atomic mass is 19.4. The number of anilines is 2. The van der Waals surface area contributed by atoms with Crippen molar-refractivity contribution in [1.82, 2.24) is 24.7 Å². The zero-order chi connectivity index (χ0) is 22.2. The average Bonchev–Trinajstić information content (AvgIpc) is 3.29. The van der Waals surface area contributed by atoms with Gasteiger partial charge in [-0.1, -0.05) is 0 Å². The van der Waals surface area contributed by atoms with Crippen molar-refractivity contribution in [2.75, 3.05) is 17.2 Å². The number of nitrogens with one attached hydrogen (secondary N) is 3. The molecular formula is C20H18F3N7O. The fraction of sp³-hybridized carbons (Fsp3) is 0.200. The van der Waals surface area contributed by atoms with Crippen molar-refractivity contribution in [1.29, 1.82) is 0 Å². The lowest BCUT2D eigenvalue weighted by Gasteiger charge is -2.09. The molecule has 0 spiro atoms. The summed E-state index contributed by atoms with van der Waals surface area (Å²) in [7, 11) is 1.75. The van der Waals surface area contributed by atoms with Gasteiger partial charge in [0.05, 0.1) is 5.52 Å². The minimum Gasteiger partial charge on any atom is -0.361 e. The van der Waals surface area contributed by atoms with Crippen molar-refractivity contribution < 1.29 is 18.0 Å². The Kier molecular flexibility index (Phi) is 5.09. The number of H-pyrrole nitrogens is 1. The normalized spacial score (nSPS) is 11.6. The molecule has 4 rings (SSSR count). The minimum absolute atomic E-state index is 0.116. The summed E-state index contributed by atoms with van der Waals surface area (Å²) in [4.78, 5) is 23.7. The van der Waals surface area contributed by atoms with E-state index in [1.165, 1.54) is 12.3 Å². The molecule has 4 aromatic rings. The van der Waals surface area contributed by atoms with Crippen LogP contribution in [-0.2, 0) is 7.05 Å². The molecule has 0 aromatic carbocycles. The number of aryl methyl sites for hydroxylation is 2. The van der Waals surface area contributed by atoms with Crippen LogP contribution in [0.1, 0.15) is 16.2 Å². The topological polar surface area (TPSA) is 101 Å². The molecule has 0 aliphatic rings. The van der Waals surface area contributed by atoms with Crippen LogP contribution in [0.2, 0.25) is 0 Å². The zero-order valence-electron chi connectivity index (χ0n) is 16.6. The first-order valence-corrected chi connectivity index (χ1v) is 9.26. The van der Waals surface area contributed by atoms with Crippen molar-refractivity contribution in [3.05, 3.63) is 54.1 Å². The van der Waals surface area contributed by atoms with Crippen LogP contribution in [0.3, 0.4) is 0 Å². The fourth-order valence-corrected chi connectivity index (χ4v) is 2.99. The highest BCUT2D eigenvalue weighted by molar-refractivity contribution is 6.03. The molecule has 4 heterocycles. The number of amides is 1. The Morgan fingerprint density at radius 2 is 1.97 bits per heavy atom. The Morgan fingerprint density at radius 3 is 2.68 bits per heavy atom. The third-order valence-electron chi connectivity index (χ3n) is 4.63. The molecule has 0 radical (unpaired) electrons. The van der Waals surface area contributed by atoms with E-state index < -0.39 is 12.7 Å². The number of aromatic nitrogens is 5. The van der Waals surface area contributed by atoms with Gasteiger partial charge in [-0.15, -0.1) is 0 Å². The van der Waals surface area contributed by atoms with Crippen molar-refractivity contribution in [2.45, 2.75) is 13.1 Å². The molecule has 0 unspecified atom stereocenters. The van der Waals surface area contributed by atoms with Gasteiger partial charge in [-0.3, -0.25) is 9.48 Å². The van der Waals surface area contributed by atoms with Crippen LogP contribution < -0.4 is 10.6 Å². The largest absolute Gasteiger partial charge is 0.405 e. The molecule has 0 aliphatic heterocycles. The first-order chi connectivity index (χ1) is 14.7. The van der Waals surface area contributed by atoms with Gasteiger partial charge < -0.3 is 15.6 Å². The standard InChI is InChI=1S/C20H18F3N7O/c1-11-5-16(29-30(11)2)19(31)28-18-8-15-13(9-25-18)6-14(27-15)12-3-4-24-17(7-12)26-10-20(21,22)23/h3-9,27H,10H2,1-2H3,(H,24,26)(H,25,28,31). The van der Waals surface area contributed by atoms with E-state index >= 15 is 0 Å². The van der Waals surface area contributed by atoms with Crippen LogP contribution in [0, 0.1) is 6.92 Å². The maximum absolute atomic E-state index is 12.4. The Labute approximate surface area is 174 Å². The number of carbonyl (C=O) groups is 1. The molecule has 8 nitrogen and oxygen atoms in total. The van der Waals surface area contributed by atoms with Gasteiger partial charge in [0.25, 0.3) is 5.91 Å². The van der Waals surface area contributed by atoms with Gasteiger partial charge in [-0.05, 0) is 31.2 Å². The molecule has 0 bridgehead atoms. The van der Waals surface area contributed by atoms with Gasteiger partial charge in [0.1, 0.15) is 18.2 Å². The summed E-state index contributed by atoms with van der Waals surface area (Å²) in [6.07, 6.45) is -1.31. The molecule has 0 fully saturated rings. The Bertz CT molecular complexity index is 1240. The predicted molar refractivity (Wildman–Crippen MR) is 110 cm³/mol. The number of pyridine rings is 2. The van der Waals surface area contributed by atoms with E-state index in [9.17, 15) is 18.0 Å². The quantitative estimate of drug-likeness (QED) is 0.447. The van der Waals surface area contributed by atoms with Gasteiger partial charge in [0, 0.05) is 47.8 Å². The molecule has 3 N–H and O–H groups in total. The maximum Gasteiger partial charge on any atom is 0.405 e. The van der Waals surface area contributed by atoms with E-state index in [1.54, 1.807) is 36.1 Å². The number of hydrogen-bond acceptors (Lipinski definition) is 5. The van der Waals surface area contributed by atoms with Crippen LogP contribution >= 0.6 is 0 Å². The summed E-state index contributed by atoms with van der Waals surface area (Å²) in [5.74, 6) is 0.0820. The average molecular weight is 429 g/mol. The first-order valence-electron chi connectivity index (χ1n) is 9.26. The molecule has 0 aliphatic carbocycles. The van der Waals surface area contributed by atoms with Crippen molar-refractivity contribution in [3.63, 3.8) is 0 Å². The summed E-state index contributed by atoms with van der Waals surface area (Å²) in [6, 6.07) is 8.38. The van der Waals surface area contributed by atoms with Crippen LogP contribution in [0.5, 0.6) is 0 Å². The second kappa shape index (κ2) is 7.74. The third kappa shape index (κ3) is 4.65. The van der Waals surface area contributed by atoms with Crippen LogP contribution in [0.15, 0.2) is 42.7 Å². The number of alkyl halides is 3. The number of nitrogens with zero attached hydrogens (tertiary/aromatic N) is 4. The van der Waals surface area contributed by atoms with Gasteiger partial charge in [0.2, 0.25) is 0 Å². The molecular weight excluding hydrogens is 411 g/mol. The number of fused-ring (bicyclic) bond motifs is 1. The molecule has 31 heavy (non-hydrogen) atoms. The highest BCUT2D eigenvalue weighted by Gasteiger charge is 2.26. The minimum atomic E-state index is -4.33. The molecule has 11 heteroatoms. The van der Waals surface area contributed by atoms with Gasteiger partial charge in [-0.25, -0.2) is 9.97 Å². The monoisotopic (exact) mass is 429 g/mol. The highest BCUT2D eigenvalue weighted by Crippen LogP contribution is 2.26. The van der Waals surface area contributed by atoms with E-state index in [0.29, 0.717) is 22.6 Å². The summed E-state index contributed by atoms with van der Waals surface area (Å²) in [5.41, 5.74) is 3.18. The number of aromatic amines is 1. The predicted octanol–water partition coefficient (Wildman–Crippen LogP) is 3.89. The number of carbonyl (C=O) groups excluding carboxylic acids is 1. The summed E-state index contributed by atoms with van der Waals surface area (Å²) in [5, 5.41) is 9.89. The summed E-state index contributed by atoms with van der Waals surface area (Å²) in [6.45, 7) is 0.677. The van der Waals surface area contributed by atoms with Gasteiger partial charge >= 0.3 is 6.18 Å². The Morgan fingerprint density at radius 1 is 1.16 bits per heavy atom. The molecule has 0 saturated heterocycles. The van der Waals surface area contributed by atoms with Gasteiger partial charge in [-0.2, -0.15) is 18.3 Å². The van der Waals surface area contributed by atoms with Crippen LogP contribution in [-0.4, -0.2) is 43.4 Å². The Balaban J connectivity index is 1.54. The van der Waals surface area contributed by atoms with E-state index in [-0.39, 0.29) is 17.4 Å². The molecule has 0 atom stereocenters. The lowest BCUT2D eigenvalue weighted by Crippen LogP contribution is -2.21. The van der Waals surface area contributed by atoms with Crippen LogP contribution in [0.4, 0.5) is 24.8 Å². The second-order valence-corrected chi connectivity index (χ2v) is 6.99. The molecule has 160 valence electrons. The molecule has 4 aromatic heterocycles. The Hall–Kier alpha value is -3.89. The maximum atomic E-state index is 12.4. The van der Waals surface area contributed by atoms with E-state index in [0.717, 1.165) is 11.1 Å². The van der Waals surface area contributed by atoms with Crippen LogP contribution in [0.25, 0.3) is 22.2 Å². The van der Waals surface area contributed by atoms with E-state index in [2.05, 4.69) is 30.7 Å². The summed E-state index contributed by atoms with van der Waals surface area (Å²) >= 11 is 0. The number of rotatable bonds is 5. The third-order valence-corrected chi connectivity index (χ3v) is 4.63. The van der Waals surface area contributed by atoms with E-state index in [1.807, 2.05) is 13.0 Å². The molecule has 1 amide bonds. The fourth-order valence-electron chi connectivity index (χ4n) is 2.99. The second-order valence-electron chi connectivity index (χ2n) is 6.99. The van der Waals surface area contributed by atoms with Crippen molar-refractivity contribution in [2.24, 2.45) is 7.05 Å². The lowest BCUT2D eigenvalue weighted by molar-refractivity contribution is -0.115. The van der Waals surface area contributed by atoms with Gasteiger partial charge in [0.15, 0.2) is 5.69 Å². The summed E-state index contributed by atoms with van der Waals surface area (Å²) < 4.78 is 38.9. The SMILES string of the molecule is Cc1cc(C(=O)Nc2cc3[nH]c(-c4ccnc(NCC(F)(F)F)c4)cc3cn2)nn1C.